The fourth-order valence-corrected chi connectivity index (χ4v) is 5.01. The van der Waals surface area contributed by atoms with E-state index in [0.717, 1.165) is 0 Å². The van der Waals surface area contributed by atoms with E-state index in [1.165, 1.54) is 11.8 Å². The first kappa shape index (κ1) is 46.5. The summed E-state index contributed by atoms with van der Waals surface area (Å²) in [4.78, 5) is 111. The molecule has 20 heteroatoms. The summed E-state index contributed by atoms with van der Waals surface area (Å²) in [6.45, 7) is 6.75. The Labute approximate surface area is 300 Å². The summed E-state index contributed by atoms with van der Waals surface area (Å²) in [6.07, 6.45) is -0.0439. The van der Waals surface area contributed by atoms with E-state index >= 15 is 0 Å². The summed E-state index contributed by atoms with van der Waals surface area (Å²) in [5.41, 5.74) is 5.75. The van der Waals surface area contributed by atoms with Gasteiger partial charge < -0.3 is 52.7 Å². The van der Waals surface area contributed by atoms with Crippen molar-refractivity contribution < 1.29 is 63.6 Å². The highest BCUT2D eigenvalue weighted by molar-refractivity contribution is 7.98. The van der Waals surface area contributed by atoms with Crippen LogP contribution in [0, 0.1) is 11.8 Å². The van der Waals surface area contributed by atoms with Gasteiger partial charge in [0, 0.05) is 12.8 Å². The van der Waals surface area contributed by atoms with Crippen LogP contribution in [0.25, 0.3) is 0 Å². The maximum absolute atomic E-state index is 13.7. The Hall–Kier alpha value is -4.46. The number of nitrogens with two attached hydrogens (primary N) is 1. The Bertz CT molecular complexity index is 1250. The Morgan fingerprint density at radius 1 is 0.569 bits per heavy atom. The van der Waals surface area contributed by atoms with Crippen LogP contribution in [0.2, 0.25) is 0 Å². The number of amides is 5. The molecule has 0 heterocycles. The predicted molar refractivity (Wildman–Crippen MR) is 183 cm³/mol. The summed E-state index contributed by atoms with van der Waals surface area (Å²) in [7, 11) is 0. The monoisotopic (exact) mass is 748 g/mol. The average molecular weight is 749 g/mol. The van der Waals surface area contributed by atoms with Gasteiger partial charge in [0.25, 0.3) is 0 Å². The minimum atomic E-state index is -1.77. The molecular formula is C31H52N6O13S. The number of rotatable bonds is 26. The van der Waals surface area contributed by atoms with Gasteiger partial charge in [-0.25, -0.2) is 4.79 Å². The summed E-state index contributed by atoms with van der Waals surface area (Å²) in [5.74, 6) is -10.7. The van der Waals surface area contributed by atoms with E-state index in [9.17, 15) is 53.4 Å². The molecule has 0 radical (unpaired) electrons. The zero-order chi connectivity index (χ0) is 39.4. The fourth-order valence-electron chi connectivity index (χ4n) is 4.54. The molecule has 0 aromatic carbocycles. The average Bonchev–Trinajstić information content (AvgIpc) is 3.06. The molecule has 0 saturated carbocycles. The van der Waals surface area contributed by atoms with Crippen molar-refractivity contribution in [3.63, 3.8) is 0 Å². The van der Waals surface area contributed by atoms with Gasteiger partial charge in [0.15, 0.2) is 0 Å². The Morgan fingerprint density at radius 3 is 1.43 bits per heavy atom. The van der Waals surface area contributed by atoms with Gasteiger partial charge in [0.2, 0.25) is 29.5 Å². The van der Waals surface area contributed by atoms with Crippen molar-refractivity contribution in [1.82, 2.24) is 26.6 Å². The molecule has 0 aromatic rings. The molecule has 0 bridgehead atoms. The van der Waals surface area contributed by atoms with Crippen molar-refractivity contribution in [2.24, 2.45) is 17.6 Å². The fraction of sp³-hybridized carbons (Fsp3) is 0.710. The van der Waals surface area contributed by atoms with Gasteiger partial charge in [0.1, 0.15) is 30.2 Å². The molecule has 0 aliphatic carbocycles. The summed E-state index contributed by atoms with van der Waals surface area (Å²) >= 11 is 1.33. The highest BCUT2D eigenvalue weighted by Gasteiger charge is 2.36. The van der Waals surface area contributed by atoms with Crippen LogP contribution in [-0.4, -0.2) is 122 Å². The number of aliphatic carboxylic acids is 4. The van der Waals surface area contributed by atoms with Gasteiger partial charge in [-0.05, 0) is 43.1 Å². The molecule has 0 fully saturated rings. The van der Waals surface area contributed by atoms with Crippen molar-refractivity contribution in [3.05, 3.63) is 0 Å². The van der Waals surface area contributed by atoms with E-state index in [1.807, 2.05) is 0 Å². The van der Waals surface area contributed by atoms with Gasteiger partial charge in [0.05, 0.1) is 12.5 Å². The molecule has 0 unspecified atom stereocenters. The summed E-state index contributed by atoms with van der Waals surface area (Å²) < 4.78 is 0. The molecule has 0 saturated heterocycles. The highest BCUT2D eigenvalue weighted by atomic mass is 32.2. The second kappa shape index (κ2) is 23.9. The van der Waals surface area contributed by atoms with Crippen LogP contribution >= 0.6 is 11.8 Å². The number of hydrogen-bond donors (Lipinski definition) is 10. The standard InChI is InChI=1S/C31H52N6O13S/c1-6-15(3)24(29(47)34-19(12-13-51-5)27(45)35-20(31(49)50)14-23(42)43)37-30(48)25(16(4)7-2)36-28(46)18(9-11-22(40)41)33-26(44)17(32)8-10-21(38)39/h15-20,24-25H,6-14,32H2,1-5H3,(H,33,44)(H,34,47)(H,35,45)(H,36,46)(H,37,48)(H,38,39)(H,40,41)(H,42,43)(H,49,50)/t15-,16-,17-,18-,19-,20-,24-,25-/m0/s1. The lowest BCUT2D eigenvalue weighted by Crippen LogP contribution is -2.61. The van der Waals surface area contributed by atoms with Crippen LogP contribution in [0.4, 0.5) is 0 Å². The molecule has 0 spiro atoms. The van der Waals surface area contributed by atoms with E-state index in [-0.39, 0.29) is 19.3 Å². The quantitative estimate of drug-likeness (QED) is 0.0500. The third-order valence-corrected chi connectivity index (χ3v) is 8.75. The first-order valence-electron chi connectivity index (χ1n) is 16.4. The Kier molecular flexibility index (Phi) is 21.8. The van der Waals surface area contributed by atoms with Crippen LogP contribution in [-0.2, 0) is 43.2 Å². The van der Waals surface area contributed by atoms with E-state index < -0.39 is 121 Å². The minimum Gasteiger partial charge on any atom is -0.481 e. The Morgan fingerprint density at radius 2 is 0.980 bits per heavy atom. The number of carbonyl (C=O) groups excluding carboxylic acids is 5. The summed E-state index contributed by atoms with van der Waals surface area (Å²) in [5, 5.41) is 48.6. The predicted octanol–water partition coefficient (Wildman–Crippen LogP) is -1.13. The van der Waals surface area contributed by atoms with Crippen molar-refractivity contribution in [2.75, 3.05) is 12.0 Å². The highest BCUT2D eigenvalue weighted by Crippen LogP contribution is 2.14. The zero-order valence-corrected chi connectivity index (χ0v) is 30.2. The molecular weight excluding hydrogens is 696 g/mol. The van der Waals surface area contributed by atoms with Gasteiger partial charge in [-0.3, -0.25) is 38.4 Å². The van der Waals surface area contributed by atoms with Crippen LogP contribution in [0.5, 0.6) is 0 Å². The van der Waals surface area contributed by atoms with Crippen LogP contribution < -0.4 is 32.3 Å². The number of nitrogens with one attached hydrogen (secondary N) is 5. The van der Waals surface area contributed by atoms with E-state index in [2.05, 4.69) is 26.6 Å². The first-order valence-corrected chi connectivity index (χ1v) is 17.8. The van der Waals surface area contributed by atoms with E-state index in [4.69, 9.17) is 15.9 Å². The second-order valence-corrected chi connectivity index (χ2v) is 13.1. The molecule has 19 nitrogen and oxygen atoms in total. The molecule has 11 N–H and O–H groups in total. The number of carbonyl (C=O) groups is 9. The van der Waals surface area contributed by atoms with Crippen molar-refractivity contribution in [2.45, 2.75) is 115 Å². The molecule has 0 aromatic heterocycles. The molecule has 51 heavy (non-hydrogen) atoms. The number of carboxylic acid groups (broad SMARTS) is 4. The van der Waals surface area contributed by atoms with Crippen molar-refractivity contribution >= 4 is 65.2 Å². The molecule has 8 atom stereocenters. The Balaban J connectivity index is 6.22. The lowest BCUT2D eigenvalue weighted by Gasteiger charge is -2.31. The van der Waals surface area contributed by atoms with Crippen LogP contribution in [0.15, 0.2) is 0 Å². The largest absolute Gasteiger partial charge is 0.481 e. The molecule has 290 valence electrons. The number of carboxylic acids is 4. The molecule has 0 aliphatic heterocycles. The maximum atomic E-state index is 13.7. The second-order valence-electron chi connectivity index (χ2n) is 12.1. The van der Waals surface area contributed by atoms with E-state index in [1.54, 1.807) is 34.0 Å². The van der Waals surface area contributed by atoms with Gasteiger partial charge in [-0.15, -0.1) is 0 Å². The third-order valence-electron chi connectivity index (χ3n) is 8.11. The lowest BCUT2D eigenvalue weighted by molar-refractivity contribution is -0.147. The maximum Gasteiger partial charge on any atom is 0.326 e. The van der Waals surface area contributed by atoms with Crippen LogP contribution in [0.3, 0.4) is 0 Å². The van der Waals surface area contributed by atoms with Gasteiger partial charge >= 0.3 is 23.9 Å². The van der Waals surface area contributed by atoms with Crippen molar-refractivity contribution in [1.29, 1.82) is 0 Å². The lowest BCUT2D eigenvalue weighted by atomic mass is 9.94. The minimum absolute atomic E-state index is 0.0360. The SMILES string of the molecule is CC[C@H](C)[C@H](NC(=O)[C@H](CCC(=O)O)NC(=O)[C@@H](N)CCC(=O)O)C(=O)N[C@H](C(=O)N[C@@H](CCSC)C(=O)N[C@@H](CC(=O)O)C(=O)O)[C@@H](C)CC. The van der Waals surface area contributed by atoms with Crippen molar-refractivity contribution in [3.8, 4) is 0 Å². The van der Waals surface area contributed by atoms with E-state index in [0.29, 0.717) is 18.6 Å². The van der Waals surface area contributed by atoms with Gasteiger partial charge in [-0.1, -0.05) is 40.5 Å². The smallest absolute Gasteiger partial charge is 0.326 e. The summed E-state index contributed by atoms with van der Waals surface area (Å²) in [6, 6.07) is -8.41. The molecule has 5 amide bonds. The number of thioether (sulfide) groups is 1. The third kappa shape index (κ3) is 17.9. The first-order chi connectivity index (χ1) is 23.8. The molecule has 0 aliphatic rings. The topological polar surface area (TPSA) is 321 Å². The molecule has 0 rings (SSSR count). The normalized spacial score (nSPS) is 15.6. The van der Waals surface area contributed by atoms with Gasteiger partial charge in [-0.2, -0.15) is 11.8 Å². The number of hydrogen-bond acceptors (Lipinski definition) is 11. The van der Waals surface area contributed by atoms with Crippen LogP contribution in [0.1, 0.15) is 79.1 Å². The zero-order valence-electron chi connectivity index (χ0n) is 29.4.